The van der Waals surface area contributed by atoms with Crippen LogP contribution < -0.4 is 4.74 Å². The molecule has 1 heterocycles. The number of Topliss-reactive ketones (excluding diaryl/α,β-unsaturated/α-hetero) is 1. The highest BCUT2D eigenvalue weighted by Crippen LogP contribution is 2.25. The number of hydrogen-bond acceptors (Lipinski definition) is 4. The highest BCUT2D eigenvalue weighted by Gasteiger charge is 2.36. The fraction of sp³-hybridized carbons (Fsp3) is 0.533. The van der Waals surface area contributed by atoms with Gasteiger partial charge in [-0.3, -0.25) is 9.69 Å². The zero-order valence-corrected chi connectivity index (χ0v) is 12.1. The van der Waals surface area contributed by atoms with E-state index in [9.17, 15) is 9.18 Å². The second kappa shape index (κ2) is 5.89. The molecule has 0 bridgehead atoms. The van der Waals surface area contributed by atoms with Gasteiger partial charge in [-0.05, 0) is 32.0 Å². The van der Waals surface area contributed by atoms with Crippen LogP contribution in [0, 0.1) is 5.82 Å². The van der Waals surface area contributed by atoms with E-state index in [1.165, 1.54) is 19.2 Å². The zero-order chi connectivity index (χ0) is 14.8. The van der Waals surface area contributed by atoms with E-state index in [0.29, 0.717) is 31.9 Å². The number of rotatable bonds is 4. The van der Waals surface area contributed by atoms with Crippen LogP contribution in [-0.2, 0) is 4.74 Å². The smallest absolute Gasteiger partial charge is 0.182 e. The van der Waals surface area contributed by atoms with E-state index in [0.717, 1.165) is 0 Å². The third-order valence-electron chi connectivity index (χ3n) is 3.77. The fourth-order valence-electron chi connectivity index (χ4n) is 2.43. The molecule has 2 rings (SSSR count). The van der Waals surface area contributed by atoms with E-state index in [2.05, 4.69) is 4.90 Å². The lowest BCUT2D eigenvalue weighted by atomic mass is 9.90. The molecule has 20 heavy (non-hydrogen) atoms. The molecule has 0 amide bonds. The van der Waals surface area contributed by atoms with Gasteiger partial charge in [-0.25, -0.2) is 4.39 Å². The molecule has 0 N–H and O–H groups in total. The van der Waals surface area contributed by atoms with E-state index in [-0.39, 0.29) is 11.5 Å². The summed E-state index contributed by atoms with van der Waals surface area (Å²) in [5, 5.41) is 0. The molecular formula is C15H20FNO3. The average Bonchev–Trinajstić information content (AvgIpc) is 2.47. The summed E-state index contributed by atoms with van der Waals surface area (Å²) in [7, 11) is 1.40. The molecule has 0 aliphatic carbocycles. The Balaban J connectivity index is 2.22. The van der Waals surface area contributed by atoms with E-state index in [1.54, 1.807) is 6.07 Å². The number of morpholine rings is 1. The topological polar surface area (TPSA) is 38.8 Å². The first kappa shape index (κ1) is 14.9. The molecule has 5 heteroatoms. The normalized spacial score (nSPS) is 17.0. The van der Waals surface area contributed by atoms with Crippen molar-refractivity contribution >= 4 is 5.78 Å². The summed E-state index contributed by atoms with van der Waals surface area (Å²) in [4.78, 5) is 14.7. The summed E-state index contributed by atoms with van der Waals surface area (Å²) in [6.45, 7) is 6.38. The Hall–Kier alpha value is -1.46. The molecule has 0 saturated carbocycles. The third-order valence-corrected chi connectivity index (χ3v) is 3.77. The predicted octanol–water partition coefficient (Wildman–Crippen LogP) is 2.13. The van der Waals surface area contributed by atoms with Crippen molar-refractivity contribution in [1.29, 1.82) is 0 Å². The number of carbonyl (C=O) groups is 1. The van der Waals surface area contributed by atoms with Gasteiger partial charge in [0.25, 0.3) is 0 Å². The minimum Gasteiger partial charge on any atom is -0.494 e. The summed E-state index contributed by atoms with van der Waals surface area (Å²) in [6.07, 6.45) is 0. The first-order chi connectivity index (χ1) is 9.46. The van der Waals surface area contributed by atoms with E-state index >= 15 is 0 Å². The Kier molecular flexibility index (Phi) is 4.40. The number of carbonyl (C=O) groups excluding carboxylic acids is 1. The van der Waals surface area contributed by atoms with Gasteiger partial charge in [-0.15, -0.1) is 0 Å². The van der Waals surface area contributed by atoms with Crippen LogP contribution in [0.5, 0.6) is 5.75 Å². The summed E-state index contributed by atoms with van der Waals surface area (Å²) in [5.74, 6) is -0.470. The van der Waals surface area contributed by atoms with Gasteiger partial charge < -0.3 is 9.47 Å². The summed E-state index contributed by atoms with van der Waals surface area (Å²) in [5.41, 5.74) is -0.315. The maximum atomic E-state index is 13.7. The molecule has 0 aromatic heterocycles. The number of hydrogen-bond donors (Lipinski definition) is 0. The van der Waals surface area contributed by atoms with Crippen LogP contribution in [0.15, 0.2) is 18.2 Å². The van der Waals surface area contributed by atoms with Gasteiger partial charge in [0.15, 0.2) is 17.3 Å². The van der Waals surface area contributed by atoms with E-state index < -0.39 is 11.4 Å². The minimum atomic E-state index is -0.676. The first-order valence-electron chi connectivity index (χ1n) is 6.68. The Bertz CT molecular complexity index is 496. The van der Waals surface area contributed by atoms with Gasteiger partial charge >= 0.3 is 0 Å². The molecule has 110 valence electrons. The van der Waals surface area contributed by atoms with Gasteiger partial charge in [0, 0.05) is 18.7 Å². The zero-order valence-electron chi connectivity index (χ0n) is 12.1. The van der Waals surface area contributed by atoms with E-state index in [4.69, 9.17) is 9.47 Å². The molecule has 1 aromatic carbocycles. The molecule has 4 nitrogen and oxygen atoms in total. The summed E-state index contributed by atoms with van der Waals surface area (Å²) >= 11 is 0. The van der Waals surface area contributed by atoms with Crippen LogP contribution in [0.4, 0.5) is 4.39 Å². The van der Waals surface area contributed by atoms with Gasteiger partial charge in [0.05, 0.1) is 25.9 Å². The van der Waals surface area contributed by atoms with Gasteiger partial charge in [0.1, 0.15) is 0 Å². The Labute approximate surface area is 118 Å². The number of ether oxygens (including phenoxy) is 2. The van der Waals surface area contributed by atoms with Crippen molar-refractivity contribution in [1.82, 2.24) is 4.90 Å². The van der Waals surface area contributed by atoms with Crippen molar-refractivity contribution in [3.63, 3.8) is 0 Å². The molecular weight excluding hydrogens is 261 g/mol. The molecule has 0 atom stereocenters. The minimum absolute atomic E-state index is 0.0963. The van der Waals surface area contributed by atoms with Crippen molar-refractivity contribution in [3.8, 4) is 5.75 Å². The lowest BCUT2D eigenvalue weighted by Gasteiger charge is -2.39. The highest BCUT2D eigenvalue weighted by molar-refractivity contribution is 6.02. The van der Waals surface area contributed by atoms with Crippen LogP contribution in [0.1, 0.15) is 24.2 Å². The van der Waals surface area contributed by atoms with Gasteiger partial charge in [-0.1, -0.05) is 0 Å². The predicted molar refractivity (Wildman–Crippen MR) is 73.8 cm³/mol. The van der Waals surface area contributed by atoms with E-state index in [1.807, 2.05) is 13.8 Å². The SMILES string of the molecule is COc1ccc(C(=O)C(C)(C)N2CCOCC2)cc1F. The highest BCUT2D eigenvalue weighted by atomic mass is 19.1. The number of benzene rings is 1. The summed E-state index contributed by atoms with van der Waals surface area (Å²) < 4.78 is 23.9. The number of methoxy groups -OCH3 is 1. The largest absolute Gasteiger partial charge is 0.494 e. The molecule has 1 fully saturated rings. The summed E-state index contributed by atoms with van der Waals surface area (Å²) in [6, 6.07) is 4.33. The maximum absolute atomic E-state index is 13.7. The van der Waals surface area contributed by atoms with Crippen LogP contribution in [0.3, 0.4) is 0 Å². The Morgan fingerprint density at radius 2 is 2.00 bits per heavy atom. The first-order valence-corrected chi connectivity index (χ1v) is 6.68. The van der Waals surface area contributed by atoms with Crippen LogP contribution in [0.2, 0.25) is 0 Å². The molecule has 0 radical (unpaired) electrons. The Morgan fingerprint density at radius 3 is 2.55 bits per heavy atom. The van der Waals surface area contributed by atoms with Crippen molar-refractivity contribution in [2.75, 3.05) is 33.4 Å². The van der Waals surface area contributed by atoms with Crippen molar-refractivity contribution in [2.45, 2.75) is 19.4 Å². The Morgan fingerprint density at radius 1 is 1.35 bits per heavy atom. The second-order valence-electron chi connectivity index (χ2n) is 5.34. The number of halogens is 1. The molecule has 1 aliphatic heterocycles. The lowest BCUT2D eigenvalue weighted by Crippen LogP contribution is -2.54. The second-order valence-corrected chi connectivity index (χ2v) is 5.34. The van der Waals surface area contributed by atoms with Crippen molar-refractivity contribution < 1.29 is 18.7 Å². The average molecular weight is 281 g/mol. The van der Waals surface area contributed by atoms with Crippen LogP contribution in [-0.4, -0.2) is 49.6 Å². The third kappa shape index (κ3) is 2.83. The lowest BCUT2D eigenvalue weighted by molar-refractivity contribution is -0.00431. The van der Waals surface area contributed by atoms with Gasteiger partial charge in [-0.2, -0.15) is 0 Å². The standard InChI is InChI=1S/C15H20FNO3/c1-15(2,17-6-8-20-9-7-17)14(18)11-4-5-13(19-3)12(16)10-11/h4-5,10H,6-9H2,1-3H3. The monoisotopic (exact) mass is 281 g/mol. The molecule has 1 aromatic rings. The molecule has 1 aliphatic rings. The molecule has 0 spiro atoms. The maximum Gasteiger partial charge on any atom is 0.182 e. The molecule has 0 unspecified atom stereocenters. The van der Waals surface area contributed by atoms with Crippen molar-refractivity contribution in [3.05, 3.63) is 29.6 Å². The van der Waals surface area contributed by atoms with Crippen LogP contribution >= 0.6 is 0 Å². The quantitative estimate of drug-likeness (QED) is 0.793. The van der Waals surface area contributed by atoms with Crippen LogP contribution in [0.25, 0.3) is 0 Å². The van der Waals surface area contributed by atoms with Crippen molar-refractivity contribution in [2.24, 2.45) is 0 Å². The number of ketones is 1. The fourth-order valence-corrected chi connectivity index (χ4v) is 2.43. The van der Waals surface area contributed by atoms with Gasteiger partial charge in [0.2, 0.25) is 0 Å². The molecule has 1 saturated heterocycles. The number of nitrogens with zero attached hydrogens (tertiary/aromatic N) is 1.